The van der Waals surface area contributed by atoms with Crippen LogP contribution in [0.1, 0.15) is 36.9 Å². The number of esters is 1. The molecule has 0 aliphatic heterocycles. The van der Waals surface area contributed by atoms with Crippen molar-refractivity contribution in [2.75, 3.05) is 7.11 Å². The van der Waals surface area contributed by atoms with E-state index in [4.69, 9.17) is 4.42 Å². The lowest BCUT2D eigenvalue weighted by Gasteiger charge is -2.15. The lowest BCUT2D eigenvalue weighted by molar-refractivity contribution is 0.0563. The highest BCUT2D eigenvalue weighted by molar-refractivity contribution is 9.10. The van der Waals surface area contributed by atoms with Gasteiger partial charge in [0.2, 0.25) is 5.76 Å². The Balaban J connectivity index is 3.12. The lowest BCUT2D eigenvalue weighted by Crippen LogP contribution is -2.10. The zero-order valence-corrected chi connectivity index (χ0v) is 10.3. The van der Waals surface area contributed by atoms with E-state index in [1.54, 1.807) is 6.07 Å². The summed E-state index contributed by atoms with van der Waals surface area (Å²) in [5.41, 5.74) is 0.895. The van der Waals surface area contributed by atoms with Gasteiger partial charge < -0.3 is 9.15 Å². The SMILES string of the molecule is COC(=O)c1cc(C(C)(C)C)c(Br)o1. The Morgan fingerprint density at radius 2 is 2.07 bits per heavy atom. The lowest BCUT2D eigenvalue weighted by atomic mass is 9.89. The van der Waals surface area contributed by atoms with Gasteiger partial charge in [-0.05, 0) is 27.4 Å². The van der Waals surface area contributed by atoms with Crippen molar-refractivity contribution in [3.63, 3.8) is 0 Å². The minimum atomic E-state index is -0.457. The van der Waals surface area contributed by atoms with Gasteiger partial charge in [0.1, 0.15) is 0 Å². The molecule has 0 unspecified atom stereocenters. The van der Waals surface area contributed by atoms with Crippen molar-refractivity contribution in [2.24, 2.45) is 0 Å². The Morgan fingerprint density at radius 1 is 1.50 bits per heavy atom. The summed E-state index contributed by atoms with van der Waals surface area (Å²) in [6.45, 7) is 6.14. The second-order valence-corrected chi connectivity index (χ2v) is 4.76. The van der Waals surface area contributed by atoms with E-state index in [-0.39, 0.29) is 11.2 Å². The van der Waals surface area contributed by atoms with Gasteiger partial charge in [0, 0.05) is 5.56 Å². The van der Waals surface area contributed by atoms with Gasteiger partial charge in [-0.1, -0.05) is 20.8 Å². The first kappa shape index (κ1) is 11.3. The molecular weight excluding hydrogens is 248 g/mol. The van der Waals surface area contributed by atoms with Gasteiger partial charge in [-0.3, -0.25) is 0 Å². The molecule has 0 saturated carbocycles. The molecule has 0 aliphatic rings. The molecule has 14 heavy (non-hydrogen) atoms. The molecule has 1 rings (SSSR count). The fourth-order valence-corrected chi connectivity index (χ4v) is 1.96. The maximum atomic E-state index is 11.2. The van der Waals surface area contributed by atoms with E-state index in [2.05, 4.69) is 20.7 Å². The molecule has 0 fully saturated rings. The number of carbonyl (C=O) groups is 1. The van der Waals surface area contributed by atoms with Gasteiger partial charge in [0.25, 0.3) is 0 Å². The summed E-state index contributed by atoms with van der Waals surface area (Å²) < 4.78 is 10.4. The summed E-state index contributed by atoms with van der Waals surface area (Å²) in [4.78, 5) is 11.2. The van der Waals surface area contributed by atoms with Crippen LogP contribution < -0.4 is 0 Å². The molecule has 0 saturated heterocycles. The van der Waals surface area contributed by atoms with Gasteiger partial charge in [-0.15, -0.1) is 0 Å². The van der Waals surface area contributed by atoms with Crippen molar-refractivity contribution in [3.05, 3.63) is 22.1 Å². The topological polar surface area (TPSA) is 39.4 Å². The maximum absolute atomic E-state index is 11.2. The summed E-state index contributed by atoms with van der Waals surface area (Å²) in [7, 11) is 1.33. The van der Waals surface area contributed by atoms with Gasteiger partial charge in [0.15, 0.2) is 4.67 Å². The number of hydrogen-bond donors (Lipinski definition) is 0. The third-order valence-electron chi connectivity index (χ3n) is 1.88. The summed E-state index contributed by atoms with van der Waals surface area (Å²) in [6, 6.07) is 1.70. The minimum Gasteiger partial charge on any atom is -0.463 e. The van der Waals surface area contributed by atoms with E-state index in [0.717, 1.165) is 5.56 Å². The normalized spacial score (nSPS) is 11.5. The van der Waals surface area contributed by atoms with Gasteiger partial charge in [0.05, 0.1) is 7.11 Å². The quantitative estimate of drug-likeness (QED) is 0.729. The summed E-state index contributed by atoms with van der Waals surface area (Å²) in [5, 5.41) is 0. The Bertz CT molecular complexity index is 347. The van der Waals surface area contributed by atoms with Crippen LogP contribution in [-0.4, -0.2) is 13.1 Å². The van der Waals surface area contributed by atoms with Gasteiger partial charge in [-0.25, -0.2) is 4.79 Å². The molecule has 1 heterocycles. The molecule has 0 N–H and O–H groups in total. The number of carbonyl (C=O) groups excluding carboxylic acids is 1. The molecule has 0 aromatic carbocycles. The molecule has 0 amide bonds. The fraction of sp³-hybridized carbons (Fsp3) is 0.500. The van der Waals surface area contributed by atoms with E-state index in [1.807, 2.05) is 20.8 Å². The van der Waals surface area contributed by atoms with Gasteiger partial charge in [-0.2, -0.15) is 0 Å². The highest BCUT2D eigenvalue weighted by Gasteiger charge is 2.24. The molecule has 1 aromatic rings. The van der Waals surface area contributed by atoms with E-state index in [1.165, 1.54) is 7.11 Å². The van der Waals surface area contributed by atoms with Crippen LogP contribution >= 0.6 is 15.9 Å². The van der Waals surface area contributed by atoms with Crippen LogP contribution in [0, 0.1) is 0 Å². The van der Waals surface area contributed by atoms with Crippen LogP contribution in [0.25, 0.3) is 0 Å². The van der Waals surface area contributed by atoms with Crippen molar-refractivity contribution >= 4 is 21.9 Å². The molecule has 0 radical (unpaired) electrons. The van der Waals surface area contributed by atoms with Crippen LogP contribution in [0.15, 0.2) is 15.2 Å². The molecule has 78 valence electrons. The Labute approximate surface area is 91.6 Å². The molecule has 0 spiro atoms. The van der Waals surface area contributed by atoms with Crippen molar-refractivity contribution < 1.29 is 13.9 Å². The van der Waals surface area contributed by atoms with Crippen LogP contribution in [-0.2, 0) is 10.2 Å². The van der Waals surface area contributed by atoms with E-state index in [9.17, 15) is 4.79 Å². The molecule has 0 atom stereocenters. The second kappa shape index (κ2) is 3.77. The van der Waals surface area contributed by atoms with E-state index < -0.39 is 5.97 Å². The van der Waals surface area contributed by atoms with E-state index in [0.29, 0.717) is 4.67 Å². The molecule has 3 nitrogen and oxygen atoms in total. The number of halogens is 1. The van der Waals surface area contributed by atoms with Crippen molar-refractivity contribution in [2.45, 2.75) is 26.2 Å². The van der Waals surface area contributed by atoms with Crippen LogP contribution in [0.3, 0.4) is 0 Å². The average molecular weight is 261 g/mol. The smallest absolute Gasteiger partial charge is 0.374 e. The number of hydrogen-bond acceptors (Lipinski definition) is 3. The third kappa shape index (κ3) is 2.18. The maximum Gasteiger partial charge on any atom is 0.374 e. The Kier molecular flexibility index (Phi) is 3.04. The molecule has 0 bridgehead atoms. The number of methoxy groups -OCH3 is 1. The van der Waals surface area contributed by atoms with Gasteiger partial charge >= 0.3 is 5.97 Å². The predicted molar refractivity (Wildman–Crippen MR) is 56.4 cm³/mol. The zero-order valence-electron chi connectivity index (χ0n) is 8.68. The fourth-order valence-electron chi connectivity index (χ4n) is 1.08. The summed E-state index contributed by atoms with van der Waals surface area (Å²) in [5.74, 6) is -0.231. The monoisotopic (exact) mass is 260 g/mol. The highest BCUT2D eigenvalue weighted by Crippen LogP contribution is 2.32. The predicted octanol–water partition coefficient (Wildman–Crippen LogP) is 3.13. The van der Waals surface area contributed by atoms with Crippen molar-refractivity contribution in [3.8, 4) is 0 Å². The first-order valence-electron chi connectivity index (χ1n) is 4.24. The summed E-state index contributed by atoms with van der Waals surface area (Å²) in [6.07, 6.45) is 0. The minimum absolute atomic E-state index is 0.0609. The molecule has 4 heteroatoms. The summed E-state index contributed by atoms with van der Waals surface area (Å²) >= 11 is 3.28. The molecule has 0 aliphatic carbocycles. The largest absolute Gasteiger partial charge is 0.463 e. The van der Waals surface area contributed by atoms with Crippen LogP contribution in [0.2, 0.25) is 0 Å². The van der Waals surface area contributed by atoms with Crippen LogP contribution in [0.4, 0.5) is 0 Å². The Hall–Kier alpha value is -0.770. The highest BCUT2D eigenvalue weighted by atomic mass is 79.9. The third-order valence-corrected chi connectivity index (χ3v) is 2.47. The van der Waals surface area contributed by atoms with Crippen molar-refractivity contribution in [1.29, 1.82) is 0 Å². The molecular formula is C10H13BrO3. The number of rotatable bonds is 1. The zero-order chi connectivity index (χ0) is 10.9. The standard InChI is InChI=1S/C10H13BrO3/c1-10(2,3)6-5-7(9(12)13-4)14-8(6)11/h5H,1-4H3. The van der Waals surface area contributed by atoms with Crippen LogP contribution in [0.5, 0.6) is 0 Å². The van der Waals surface area contributed by atoms with E-state index >= 15 is 0 Å². The number of furan rings is 1. The average Bonchev–Trinajstić information content (AvgIpc) is 2.45. The second-order valence-electron chi connectivity index (χ2n) is 4.04. The first-order valence-corrected chi connectivity index (χ1v) is 5.03. The number of ether oxygens (including phenoxy) is 1. The molecule has 1 aromatic heterocycles. The first-order chi connectivity index (χ1) is 6.36. The van der Waals surface area contributed by atoms with Crippen molar-refractivity contribution in [1.82, 2.24) is 0 Å². The Morgan fingerprint density at radius 3 is 2.43 bits per heavy atom.